The van der Waals surface area contributed by atoms with Gasteiger partial charge in [-0.2, -0.15) is 0 Å². The van der Waals surface area contributed by atoms with Crippen LogP contribution in [0.5, 0.6) is 0 Å². The highest BCUT2D eigenvalue weighted by Gasteiger charge is 2.19. The third kappa shape index (κ3) is 5.65. The normalized spacial score (nSPS) is 17.0. The lowest BCUT2D eigenvalue weighted by atomic mass is 9.98. The Kier molecular flexibility index (Phi) is 8.38. The molecule has 0 N–H and O–H groups in total. The van der Waals surface area contributed by atoms with Gasteiger partial charge in [-0.25, -0.2) is 0 Å². The molecule has 1 unspecified atom stereocenters. The predicted molar refractivity (Wildman–Crippen MR) is 93.9 cm³/mol. The van der Waals surface area contributed by atoms with E-state index in [0.29, 0.717) is 0 Å². The average molecular weight is 328 g/mol. The third-order valence-electron chi connectivity index (χ3n) is 3.88. The molecule has 1 atom stereocenters. The minimum Gasteiger partial charge on any atom is -0.303 e. The van der Waals surface area contributed by atoms with E-state index in [1.165, 1.54) is 24.2 Å². The minimum absolute atomic E-state index is 0. The van der Waals surface area contributed by atoms with Gasteiger partial charge < -0.3 is 4.90 Å². The van der Waals surface area contributed by atoms with Crippen LogP contribution in [0, 0.1) is 5.92 Å². The highest BCUT2D eigenvalue weighted by molar-refractivity contribution is 7.99. The summed E-state index contributed by atoms with van der Waals surface area (Å²) in [5.41, 5.74) is 0.856. The SMILES string of the molecule is CCSc1ccc(C(=O)C(C)CN2CCCCC2)cc1.Cl. The van der Waals surface area contributed by atoms with Crippen molar-refractivity contribution in [2.75, 3.05) is 25.4 Å². The van der Waals surface area contributed by atoms with Crippen LogP contribution in [0.1, 0.15) is 43.5 Å². The number of nitrogens with zero attached hydrogens (tertiary/aromatic N) is 1. The predicted octanol–water partition coefficient (Wildman–Crippen LogP) is 4.53. The van der Waals surface area contributed by atoms with Gasteiger partial charge >= 0.3 is 0 Å². The molecule has 1 aliphatic rings. The van der Waals surface area contributed by atoms with Crippen molar-refractivity contribution < 1.29 is 4.79 Å². The molecule has 21 heavy (non-hydrogen) atoms. The zero-order valence-corrected chi connectivity index (χ0v) is 14.6. The summed E-state index contributed by atoms with van der Waals surface area (Å²) < 4.78 is 0. The van der Waals surface area contributed by atoms with Crippen LogP contribution in [0.15, 0.2) is 29.2 Å². The highest BCUT2D eigenvalue weighted by atomic mass is 35.5. The number of Topliss-reactive ketones (excluding diaryl/α,β-unsaturated/α-hetero) is 1. The maximum atomic E-state index is 12.5. The summed E-state index contributed by atoms with van der Waals surface area (Å²) in [5, 5.41) is 0. The lowest BCUT2D eigenvalue weighted by molar-refractivity contribution is 0.0883. The van der Waals surface area contributed by atoms with Crippen LogP contribution in [0.2, 0.25) is 0 Å². The van der Waals surface area contributed by atoms with Gasteiger partial charge in [0.2, 0.25) is 0 Å². The number of carbonyl (C=O) groups is 1. The summed E-state index contributed by atoms with van der Waals surface area (Å²) in [6.45, 7) is 7.42. The third-order valence-corrected chi connectivity index (χ3v) is 4.77. The second-order valence-corrected chi connectivity index (χ2v) is 6.92. The average Bonchev–Trinajstić information content (AvgIpc) is 2.48. The Morgan fingerprint density at radius 2 is 1.81 bits per heavy atom. The number of ketones is 1. The molecule has 0 bridgehead atoms. The Bertz CT molecular complexity index is 429. The summed E-state index contributed by atoms with van der Waals surface area (Å²) in [6.07, 6.45) is 3.91. The van der Waals surface area contributed by atoms with Crippen LogP contribution in [0.25, 0.3) is 0 Å². The van der Waals surface area contributed by atoms with Crippen molar-refractivity contribution in [2.24, 2.45) is 5.92 Å². The molecule has 0 spiro atoms. The zero-order chi connectivity index (χ0) is 14.4. The molecule has 1 aromatic carbocycles. The first kappa shape index (κ1) is 18.5. The molecule has 0 amide bonds. The van der Waals surface area contributed by atoms with Gasteiger partial charge in [0.05, 0.1) is 0 Å². The molecule has 2 rings (SSSR count). The van der Waals surface area contributed by atoms with E-state index in [-0.39, 0.29) is 24.1 Å². The first-order valence-corrected chi connectivity index (χ1v) is 8.68. The second kappa shape index (κ2) is 9.50. The quantitative estimate of drug-likeness (QED) is 0.565. The molecule has 1 fully saturated rings. The van der Waals surface area contributed by atoms with Crippen LogP contribution in [0.3, 0.4) is 0 Å². The molecule has 118 valence electrons. The molecule has 1 aliphatic heterocycles. The molecule has 0 aromatic heterocycles. The van der Waals surface area contributed by atoms with Crippen molar-refractivity contribution in [1.82, 2.24) is 4.90 Å². The molecule has 0 aliphatic carbocycles. The monoisotopic (exact) mass is 327 g/mol. The van der Waals surface area contributed by atoms with Gasteiger partial charge in [-0.15, -0.1) is 24.2 Å². The molecule has 0 radical (unpaired) electrons. The zero-order valence-electron chi connectivity index (χ0n) is 13.0. The molecule has 4 heteroatoms. The number of likely N-dealkylation sites (tertiary alicyclic amines) is 1. The summed E-state index contributed by atoms with van der Waals surface area (Å²) in [6, 6.07) is 8.09. The van der Waals surface area contributed by atoms with E-state index in [4.69, 9.17) is 0 Å². The summed E-state index contributed by atoms with van der Waals surface area (Å²) in [7, 11) is 0. The maximum Gasteiger partial charge on any atom is 0.166 e. The van der Waals surface area contributed by atoms with E-state index < -0.39 is 0 Å². The van der Waals surface area contributed by atoms with Crippen molar-refractivity contribution in [3.05, 3.63) is 29.8 Å². The van der Waals surface area contributed by atoms with Crippen molar-refractivity contribution in [3.8, 4) is 0 Å². The second-order valence-electron chi connectivity index (χ2n) is 5.58. The van der Waals surface area contributed by atoms with Crippen LogP contribution < -0.4 is 0 Å². The largest absolute Gasteiger partial charge is 0.303 e. The van der Waals surface area contributed by atoms with Crippen LogP contribution in [-0.2, 0) is 0 Å². The summed E-state index contributed by atoms with van der Waals surface area (Å²) in [4.78, 5) is 16.1. The fraction of sp³-hybridized carbons (Fsp3) is 0.588. The van der Waals surface area contributed by atoms with E-state index in [1.807, 2.05) is 23.9 Å². The molecule has 0 saturated carbocycles. The topological polar surface area (TPSA) is 20.3 Å². The van der Waals surface area contributed by atoms with Crippen LogP contribution in [0.4, 0.5) is 0 Å². The van der Waals surface area contributed by atoms with Gasteiger partial charge in [-0.05, 0) is 43.8 Å². The van der Waals surface area contributed by atoms with Gasteiger partial charge in [-0.1, -0.05) is 32.4 Å². The lowest BCUT2D eigenvalue weighted by Gasteiger charge is -2.28. The first-order valence-electron chi connectivity index (χ1n) is 7.70. The number of halogens is 1. The van der Waals surface area contributed by atoms with Crippen molar-refractivity contribution >= 4 is 30.0 Å². The summed E-state index contributed by atoms with van der Waals surface area (Å²) in [5.74, 6) is 1.44. The summed E-state index contributed by atoms with van der Waals surface area (Å²) >= 11 is 1.81. The first-order chi connectivity index (χ1) is 9.70. The standard InChI is InChI=1S/C17H25NOS.ClH/c1-3-20-16-9-7-15(8-10-16)17(19)14(2)13-18-11-5-4-6-12-18;/h7-10,14H,3-6,11-13H2,1-2H3;1H. The van der Waals surface area contributed by atoms with Gasteiger partial charge in [0, 0.05) is 22.9 Å². The van der Waals surface area contributed by atoms with Gasteiger partial charge in [0.15, 0.2) is 5.78 Å². The molecule has 1 heterocycles. The van der Waals surface area contributed by atoms with Gasteiger partial charge in [0.1, 0.15) is 0 Å². The number of thioether (sulfide) groups is 1. The van der Waals surface area contributed by atoms with E-state index >= 15 is 0 Å². The van der Waals surface area contributed by atoms with Crippen molar-refractivity contribution in [1.29, 1.82) is 0 Å². The van der Waals surface area contributed by atoms with Crippen LogP contribution >= 0.6 is 24.2 Å². The van der Waals surface area contributed by atoms with E-state index in [1.54, 1.807) is 0 Å². The van der Waals surface area contributed by atoms with E-state index in [9.17, 15) is 4.79 Å². The Morgan fingerprint density at radius 1 is 1.19 bits per heavy atom. The molecule has 1 aromatic rings. The number of hydrogen-bond donors (Lipinski definition) is 0. The maximum absolute atomic E-state index is 12.5. The molecular formula is C17H26ClNOS. The fourth-order valence-electron chi connectivity index (χ4n) is 2.78. The molecule has 1 saturated heterocycles. The van der Waals surface area contributed by atoms with Crippen LogP contribution in [-0.4, -0.2) is 36.1 Å². The number of piperidine rings is 1. The Labute approximate surface area is 139 Å². The Balaban J connectivity index is 0.00000220. The van der Waals surface area contributed by atoms with E-state index in [2.05, 4.69) is 30.9 Å². The lowest BCUT2D eigenvalue weighted by Crippen LogP contribution is -2.35. The number of benzene rings is 1. The molecule has 2 nitrogen and oxygen atoms in total. The number of carbonyl (C=O) groups excluding carboxylic acids is 1. The molecular weight excluding hydrogens is 302 g/mol. The van der Waals surface area contributed by atoms with Gasteiger partial charge in [0.25, 0.3) is 0 Å². The highest BCUT2D eigenvalue weighted by Crippen LogP contribution is 2.20. The van der Waals surface area contributed by atoms with Crippen molar-refractivity contribution in [2.45, 2.75) is 38.0 Å². The van der Waals surface area contributed by atoms with Crippen molar-refractivity contribution in [3.63, 3.8) is 0 Å². The van der Waals surface area contributed by atoms with Gasteiger partial charge in [-0.3, -0.25) is 4.79 Å². The Hall–Kier alpha value is -0.510. The Morgan fingerprint density at radius 3 is 2.38 bits per heavy atom. The smallest absolute Gasteiger partial charge is 0.166 e. The minimum atomic E-state index is 0. The number of rotatable bonds is 6. The number of hydrogen-bond acceptors (Lipinski definition) is 3. The van der Waals surface area contributed by atoms with E-state index in [0.717, 1.165) is 31.0 Å². The fourth-order valence-corrected chi connectivity index (χ4v) is 3.44.